The molecule has 0 amide bonds. The first-order valence-corrected chi connectivity index (χ1v) is 23.1. The Kier molecular flexibility index (Phi) is 38.1. The van der Waals surface area contributed by atoms with E-state index >= 15 is 0 Å². The number of aliphatic carboxylic acids is 1. The highest BCUT2D eigenvalue weighted by atomic mass is 31.2. The molecule has 0 aromatic rings. The highest BCUT2D eigenvalue weighted by molar-refractivity contribution is 7.47. The van der Waals surface area contributed by atoms with Crippen LogP contribution in [0.5, 0.6) is 0 Å². The maximum Gasteiger partial charge on any atom is 0.472 e. The first kappa shape index (κ1) is 54.7. The van der Waals surface area contributed by atoms with Crippen LogP contribution < -0.4 is 5.73 Å². The van der Waals surface area contributed by atoms with E-state index in [1.807, 2.05) is 12.2 Å². The Hall–Kier alpha value is -3.34. The second-order valence-electron chi connectivity index (χ2n) is 14.1. The van der Waals surface area contributed by atoms with Gasteiger partial charge in [0.1, 0.15) is 12.6 Å². The van der Waals surface area contributed by atoms with E-state index in [1.165, 1.54) is 57.8 Å². The highest BCUT2D eigenvalue weighted by Gasteiger charge is 2.28. The van der Waals surface area contributed by atoms with Gasteiger partial charge in [-0.25, -0.2) is 4.57 Å². The molecule has 0 aliphatic heterocycles. The summed E-state index contributed by atoms with van der Waals surface area (Å²) >= 11 is 0. The number of rotatable bonds is 39. The molecule has 0 rings (SSSR count). The molecule has 0 aliphatic carbocycles. The fraction of sp³-hybridized carbons (Fsp3) is 0.630. The number of esters is 2. The van der Waals surface area contributed by atoms with Gasteiger partial charge in [-0.1, -0.05) is 150 Å². The largest absolute Gasteiger partial charge is 0.480 e. The summed E-state index contributed by atoms with van der Waals surface area (Å²) in [6.07, 6.45) is 49.5. The summed E-state index contributed by atoms with van der Waals surface area (Å²) in [5, 5.41) is 8.88. The molecule has 0 heterocycles. The molecule has 11 nitrogen and oxygen atoms in total. The normalized spacial score (nSPS) is 14.6. The summed E-state index contributed by atoms with van der Waals surface area (Å²) in [5.41, 5.74) is 5.32. The Morgan fingerprint density at radius 1 is 0.552 bits per heavy atom. The molecular formula is C46H76NO10P. The fourth-order valence-electron chi connectivity index (χ4n) is 5.26. The van der Waals surface area contributed by atoms with E-state index in [9.17, 15) is 23.8 Å². The predicted octanol–water partition coefficient (Wildman–Crippen LogP) is 11.5. The number of allylic oxidation sites excluding steroid dienone is 14. The van der Waals surface area contributed by atoms with Crippen LogP contribution in [0.2, 0.25) is 0 Å². The van der Waals surface area contributed by atoms with E-state index in [2.05, 4.69) is 91.3 Å². The van der Waals surface area contributed by atoms with Crippen molar-refractivity contribution in [2.45, 2.75) is 167 Å². The Balaban J connectivity index is 4.53. The van der Waals surface area contributed by atoms with Crippen LogP contribution in [0.15, 0.2) is 85.1 Å². The van der Waals surface area contributed by atoms with Crippen molar-refractivity contribution in [2.24, 2.45) is 5.73 Å². The van der Waals surface area contributed by atoms with Crippen molar-refractivity contribution in [3.63, 3.8) is 0 Å². The molecule has 12 heteroatoms. The van der Waals surface area contributed by atoms with Crippen molar-refractivity contribution >= 4 is 25.7 Å². The lowest BCUT2D eigenvalue weighted by Gasteiger charge is -2.20. The zero-order valence-electron chi connectivity index (χ0n) is 35.6. The summed E-state index contributed by atoms with van der Waals surface area (Å²) in [6.45, 7) is 2.57. The number of phosphoric acid groups is 1. The van der Waals surface area contributed by atoms with Crippen LogP contribution in [0.4, 0.5) is 0 Å². The highest BCUT2D eigenvalue weighted by Crippen LogP contribution is 2.43. The number of hydrogen-bond acceptors (Lipinski definition) is 9. The summed E-state index contributed by atoms with van der Waals surface area (Å²) in [7, 11) is -4.74. The molecule has 0 bridgehead atoms. The van der Waals surface area contributed by atoms with Gasteiger partial charge < -0.3 is 25.2 Å². The van der Waals surface area contributed by atoms with Gasteiger partial charge in [-0.15, -0.1) is 0 Å². The van der Waals surface area contributed by atoms with Crippen LogP contribution in [0, 0.1) is 0 Å². The van der Waals surface area contributed by atoms with Crippen molar-refractivity contribution in [3.8, 4) is 0 Å². The van der Waals surface area contributed by atoms with Gasteiger partial charge in [0.15, 0.2) is 6.10 Å². The van der Waals surface area contributed by atoms with Gasteiger partial charge in [0.25, 0.3) is 0 Å². The predicted molar refractivity (Wildman–Crippen MR) is 235 cm³/mol. The second kappa shape index (κ2) is 40.4. The number of carbonyl (C=O) groups excluding carboxylic acids is 2. The van der Waals surface area contributed by atoms with Gasteiger partial charge in [0.2, 0.25) is 0 Å². The third-order valence-electron chi connectivity index (χ3n) is 8.64. The standard InChI is InChI=1S/C46H76NO10P/c1-3-5-7-9-11-13-15-17-19-20-21-22-24-25-27-29-31-33-35-37-44(48)54-39-42(40-55-58(52,53)56-41-43(47)46(50)51)57-45(49)38-36-34-32-30-28-26-23-18-16-14-12-10-8-6-4-2/h5,7,11,13,17,19,21-22,25,27-28,30-31,33,42-43H,3-4,6,8-10,12,14-16,18,20,23-24,26,29,32,34-41,47H2,1-2H3,(H,50,51)(H,52,53)/b7-5+,13-11+,19-17+,22-21+,27-25+,30-28+,33-31+/t42-,43+/m1/s1. The van der Waals surface area contributed by atoms with E-state index in [4.69, 9.17) is 24.8 Å². The monoisotopic (exact) mass is 834 g/mol. The SMILES string of the molecule is CC/C=C/C/C=C/C/C=C/C/C=C/C/C=C/C/C=C/CCC(=O)OC[C@H](COP(=O)(O)OC[C@H](N)C(=O)O)OC(=O)CCCC/C=C/CCCCCCCCCCC. The number of carboxylic acid groups (broad SMARTS) is 1. The van der Waals surface area contributed by atoms with Crippen molar-refractivity contribution in [3.05, 3.63) is 85.1 Å². The van der Waals surface area contributed by atoms with Crippen LogP contribution in [0.1, 0.15) is 155 Å². The first-order chi connectivity index (χ1) is 28.1. The third-order valence-corrected chi connectivity index (χ3v) is 9.59. The van der Waals surface area contributed by atoms with Crippen LogP contribution in [-0.4, -0.2) is 59.9 Å². The average Bonchev–Trinajstić information content (AvgIpc) is 3.20. The maximum atomic E-state index is 12.6. The smallest absolute Gasteiger partial charge is 0.472 e. The number of carbonyl (C=O) groups is 3. The second-order valence-corrected chi connectivity index (χ2v) is 15.5. The minimum absolute atomic E-state index is 0.0883. The van der Waals surface area contributed by atoms with E-state index < -0.39 is 57.7 Å². The van der Waals surface area contributed by atoms with Crippen LogP contribution in [-0.2, 0) is 37.5 Å². The number of phosphoric ester groups is 1. The number of nitrogens with two attached hydrogens (primary N) is 1. The number of hydrogen-bond donors (Lipinski definition) is 3. The van der Waals surface area contributed by atoms with Gasteiger partial charge in [0, 0.05) is 12.8 Å². The van der Waals surface area contributed by atoms with Gasteiger partial charge in [-0.2, -0.15) is 0 Å². The first-order valence-electron chi connectivity index (χ1n) is 21.6. The lowest BCUT2D eigenvalue weighted by atomic mass is 10.1. The molecule has 0 aliphatic rings. The zero-order valence-corrected chi connectivity index (χ0v) is 36.5. The van der Waals surface area contributed by atoms with Crippen molar-refractivity contribution in [1.29, 1.82) is 0 Å². The van der Waals surface area contributed by atoms with Crippen LogP contribution in [0.25, 0.3) is 0 Å². The summed E-state index contributed by atoms with van der Waals surface area (Å²) in [5.74, 6) is -2.52. The zero-order chi connectivity index (χ0) is 42.8. The number of unbranched alkanes of at least 4 members (excludes halogenated alkanes) is 11. The van der Waals surface area contributed by atoms with Gasteiger partial charge >= 0.3 is 25.7 Å². The molecule has 0 saturated heterocycles. The van der Waals surface area contributed by atoms with E-state index in [1.54, 1.807) is 0 Å². The molecule has 0 radical (unpaired) electrons. The fourth-order valence-corrected chi connectivity index (χ4v) is 6.04. The number of carboxylic acids is 1. The molecule has 0 spiro atoms. The van der Waals surface area contributed by atoms with E-state index in [-0.39, 0.29) is 12.8 Å². The van der Waals surface area contributed by atoms with Crippen LogP contribution in [0.3, 0.4) is 0 Å². The maximum absolute atomic E-state index is 12.6. The van der Waals surface area contributed by atoms with Crippen molar-refractivity contribution in [2.75, 3.05) is 19.8 Å². The molecule has 330 valence electrons. The Morgan fingerprint density at radius 2 is 1.00 bits per heavy atom. The van der Waals surface area contributed by atoms with Crippen molar-refractivity contribution < 1.29 is 47.5 Å². The summed E-state index contributed by atoms with van der Waals surface area (Å²) in [4.78, 5) is 45.9. The van der Waals surface area contributed by atoms with Gasteiger partial charge in [-0.05, 0) is 77.0 Å². The molecule has 0 aromatic carbocycles. The Morgan fingerprint density at radius 3 is 1.52 bits per heavy atom. The minimum atomic E-state index is -4.74. The molecule has 1 unspecified atom stereocenters. The van der Waals surface area contributed by atoms with E-state index in [0.717, 1.165) is 57.8 Å². The van der Waals surface area contributed by atoms with Gasteiger partial charge in [-0.3, -0.25) is 23.4 Å². The third kappa shape index (κ3) is 39.5. The minimum Gasteiger partial charge on any atom is -0.480 e. The molecule has 0 saturated carbocycles. The van der Waals surface area contributed by atoms with Crippen LogP contribution >= 0.6 is 7.82 Å². The summed E-state index contributed by atoms with van der Waals surface area (Å²) in [6, 6.07) is -1.54. The summed E-state index contributed by atoms with van der Waals surface area (Å²) < 4.78 is 32.6. The number of ether oxygens (including phenoxy) is 2. The Labute approximate surface area is 350 Å². The molecule has 0 aromatic heterocycles. The van der Waals surface area contributed by atoms with Gasteiger partial charge in [0.05, 0.1) is 13.2 Å². The molecule has 4 N–H and O–H groups in total. The molecular weight excluding hydrogens is 757 g/mol. The molecule has 58 heavy (non-hydrogen) atoms. The lowest BCUT2D eigenvalue weighted by Crippen LogP contribution is -2.34. The quantitative estimate of drug-likeness (QED) is 0.0233. The van der Waals surface area contributed by atoms with Crippen molar-refractivity contribution in [1.82, 2.24) is 0 Å². The topological polar surface area (TPSA) is 172 Å². The molecule has 3 atom stereocenters. The Bertz CT molecular complexity index is 1300. The average molecular weight is 834 g/mol. The lowest BCUT2D eigenvalue weighted by molar-refractivity contribution is -0.161. The van der Waals surface area contributed by atoms with E-state index in [0.29, 0.717) is 12.8 Å². The molecule has 0 fully saturated rings.